The fourth-order valence-corrected chi connectivity index (χ4v) is 3.07. The van der Waals surface area contributed by atoms with E-state index in [9.17, 15) is 4.79 Å². The molecule has 23 heavy (non-hydrogen) atoms. The molecular weight excluding hydrogens is 376 g/mol. The molecule has 5 heteroatoms. The van der Waals surface area contributed by atoms with Crippen molar-refractivity contribution in [1.29, 1.82) is 0 Å². The SMILES string of the molecule is CC[C@H](Br)c1nc2cc(Cl)ccc2c(=O)n1Cc1ccccc1. The van der Waals surface area contributed by atoms with E-state index in [1.807, 2.05) is 30.3 Å². The number of hydrogen-bond acceptors (Lipinski definition) is 2. The number of benzene rings is 2. The number of rotatable bonds is 4. The number of nitrogens with zero attached hydrogens (tertiary/aromatic N) is 2. The summed E-state index contributed by atoms with van der Waals surface area (Å²) in [5.74, 6) is 0.733. The zero-order chi connectivity index (χ0) is 16.4. The number of halogens is 2. The second kappa shape index (κ2) is 6.85. The van der Waals surface area contributed by atoms with Gasteiger partial charge in [0.2, 0.25) is 0 Å². The van der Waals surface area contributed by atoms with Crippen molar-refractivity contribution in [2.45, 2.75) is 24.7 Å². The first-order valence-corrected chi connectivity index (χ1v) is 8.77. The van der Waals surface area contributed by atoms with Gasteiger partial charge in [0.15, 0.2) is 0 Å². The molecule has 0 bridgehead atoms. The number of fused-ring (bicyclic) bond motifs is 1. The smallest absolute Gasteiger partial charge is 0.261 e. The van der Waals surface area contributed by atoms with Crippen molar-refractivity contribution in [1.82, 2.24) is 9.55 Å². The molecule has 0 unspecified atom stereocenters. The molecule has 1 heterocycles. The van der Waals surface area contributed by atoms with E-state index in [4.69, 9.17) is 16.6 Å². The van der Waals surface area contributed by atoms with Crippen LogP contribution in [0.2, 0.25) is 5.02 Å². The third-order valence-electron chi connectivity index (χ3n) is 3.77. The Labute approximate surface area is 148 Å². The molecule has 0 saturated carbocycles. The lowest BCUT2D eigenvalue weighted by atomic mass is 10.2. The standard InChI is InChI=1S/C18H16BrClN2O/c1-2-15(19)17-21-16-10-13(20)8-9-14(16)18(23)22(17)11-12-6-4-3-5-7-12/h3-10,15H,2,11H2,1H3/t15-/m0/s1. The summed E-state index contributed by atoms with van der Waals surface area (Å²) in [7, 11) is 0. The predicted octanol–water partition coefficient (Wildman–Crippen LogP) is 4.94. The van der Waals surface area contributed by atoms with Crippen molar-refractivity contribution in [3.8, 4) is 0 Å². The first-order chi connectivity index (χ1) is 11.1. The lowest BCUT2D eigenvalue weighted by Crippen LogP contribution is -2.26. The highest BCUT2D eigenvalue weighted by atomic mass is 79.9. The molecule has 0 spiro atoms. The Morgan fingerprint density at radius 3 is 2.65 bits per heavy atom. The van der Waals surface area contributed by atoms with Crippen LogP contribution in [0.5, 0.6) is 0 Å². The molecule has 0 aliphatic heterocycles. The molecule has 1 atom stereocenters. The number of hydrogen-bond donors (Lipinski definition) is 0. The van der Waals surface area contributed by atoms with Crippen LogP contribution in [0.1, 0.15) is 29.6 Å². The lowest BCUT2D eigenvalue weighted by Gasteiger charge is -2.16. The topological polar surface area (TPSA) is 34.9 Å². The largest absolute Gasteiger partial charge is 0.291 e. The van der Waals surface area contributed by atoms with Crippen LogP contribution in [0.4, 0.5) is 0 Å². The molecule has 0 aliphatic carbocycles. The van der Waals surface area contributed by atoms with Crippen molar-refractivity contribution < 1.29 is 0 Å². The van der Waals surface area contributed by atoms with Crippen LogP contribution in [0.15, 0.2) is 53.3 Å². The summed E-state index contributed by atoms with van der Waals surface area (Å²) < 4.78 is 1.74. The first-order valence-electron chi connectivity index (χ1n) is 7.48. The van der Waals surface area contributed by atoms with Gasteiger partial charge in [-0.2, -0.15) is 0 Å². The van der Waals surface area contributed by atoms with Crippen LogP contribution >= 0.6 is 27.5 Å². The molecule has 0 amide bonds. The maximum atomic E-state index is 12.9. The molecular formula is C18H16BrClN2O. The predicted molar refractivity (Wildman–Crippen MR) is 98.5 cm³/mol. The zero-order valence-electron chi connectivity index (χ0n) is 12.7. The third-order valence-corrected chi connectivity index (χ3v) is 5.06. The Morgan fingerprint density at radius 2 is 1.96 bits per heavy atom. The molecule has 0 radical (unpaired) electrons. The molecule has 0 aliphatic rings. The van der Waals surface area contributed by atoms with E-state index in [0.717, 1.165) is 17.8 Å². The molecule has 118 valence electrons. The molecule has 0 fully saturated rings. The highest BCUT2D eigenvalue weighted by Gasteiger charge is 2.17. The van der Waals surface area contributed by atoms with Gasteiger partial charge < -0.3 is 0 Å². The van der Waals surface area contributed by atoms with Gasteiger partial charge >= 0.3 is 0 Å². The van der Waals surface area contributed by atoms with Crippen LogP contribution in [0.25, 0.3) is 10.9 Å². The van der Waals surface area contributed by atoms with E-state index >= 15 is 0 Å². The second-order valence-corrected chi connectivity index (χ2v) is 6.93. The van der Waals surface area contributed by atoms with Gasteiger partial charge in [0.05, 0.1) is 22.3 Å². The normalized spacial score (nSPS) is 12.5. The van der Waals surface area contributed by atoms with Gasteiger partial charge in [0.25, 0.3) is 5.56 Å². The molecule has 3 rings (SSSR count). The maximum Gasteiger partial charge on any atom is 0.261 e. The average molecular weight is 392 g/mol. The Bertz CT molecular complexity index is 893. The van der Waals surface area contributed by atoms with E-state index in [1.54, 1.807) is 22.8 Å². The van der Waals surface area contributed by atoms with Crippen molar-refractivity contribution in [3.63, 3.8) is 0 Å². The Kier molecular flexibility index (Phi) is 4.83. The summed E-state index contributed by atoms with van der Waals surface area (Å²) in [6.45, 7) is 2.56. The highest BCUT2D eigenvalue weighted by Crippen LogP contribution is 2.26. The van der Waals surface area contributed by atoms with Crippen molar-refractivity contribution in [2.24, 2.45) is 0 Å². The Balaban J connectivity index is 2.23. The minimum atomic E-state index is -0.0385. The zero-order valence-corrected chi connectivity index (χ0v) is 15.0. The van der Waals surface area contributed by atoms with Crippen molar-refractivity contribution >= 4 is 38.4 Å². The lowest BCUT2D eigenvalue weighted by molar-refractivity contribution is 0.662. The van der Waals surface area contributed by atoms with E-state index < -0.39 is 0 Å². The molecule has 0 saturated heterocycles. The Hall–Kier alpha value is -1.65. The van der Waals surface area contributed by atoms with Crippen LogP contribution < -0.4 is 5.56 Å². The van der Waals surface area contributed by atoms with Gasteiger partial charge in [-0.25, -0.2) is 4.98 Å². The van der Waals surface area contributed by atoms with Crippen LogP contribution in [0.3, 0.4) is 0 Å². The summed E-state index contributed by atoms with van der Waals surface area (Å²) in [6, 6.07) is 15.1. The fourth-order valence-electron chi connectivity index (χ4n) is 2.55. The van der Waals surface area contributed by atoms with E-state index in [-0.39, 0.29) is 10.4 Å². The summed E-state index contributed by atoms with van der Waals surface area (Å²) in [6.07, 6.45) is 0.841. The third kappa shape index (κ3) is 3.33. The van der Waals surface area contributed by atoms with Gasteiger partial charge in [-0.05, 0) is 30.2 Å². The van der Waals surface area contributed by atoms with E-state index in [1.165, 1.54) is 0 Å². The average Bonchev–Trinajstić information content (AvgIpc) is 2.57. The second-order valence-electron chi connectivity index (χ2n) is 5.38. The fraction of sp³-hybridized carbons (Fsp3) is 0.222. The summed E-state index contributed by atoms with van der Waals surface area (Å²) >= 11 is 9.68. The quantitative estimate of drug-likeness (QED) is 0.590. The van der Waals surface area contributed by atoms with Gasteiger partial charge in [-0.15, -0.1) is 0 Å². The molecule has 3 aromatic rings. The van der Waals surface area contributed by atoms with Gasteiger partial charge in [-0.1, -0.05) is 64.8 Å². The van der Waals surface area contributed by atoms with Gasteiger partial charge in [0.1, 0.15) is 5.82 Å². The summed E-state index contributed by atoms with van der Waals surface area (Å²) in [5.41, 5.74) is 1.67. The summed E-state index contributed by atoms with van der Waals surface area (Å²) in [4.78, 5) is 17.7. The monoisotopic (exact) mass is 390 g/mol. The van der Waals surface area contributed by atoms with Crippen LogP contribution in [0, 0.1) is 0 Å². The molecule has 3 nitrogen and oxygen atoms in total. The van der Waals surface area contributed by atoms with Crippen LogP contribution in [-0.4, -0.2) is 9.55 Å². The molecule has 2 aromatic carbocycles. The van der Waals surface area contributed by atoms with Crippen molar-refractivity contribution in [3.05, 3.63) is 75.3 Å². The van der Waals surface area contributed by atoms with E-state index in [2.05, 4.69) is 22.9 Å². The number of alkyl halides is 1. The highest BCUT2D eigenvalue weighted by molar-refractivity contribution is 9.09. The summed E-state index contributed by atoms with van der Waals surface area (Å²) in [5, 5.41) is 1.17. The maximum absolute atomic E-state index is 12.9. The van der Waals surface area contributed by atoms with Gasteiger partial charge in [-0.3, -0.25) is 9.36 Å². The minimum Gasteiger partial charge on any atom is -0.291 e. The first kappa shape index (κ1) is 16.2. The minimum absolute atomic E-state index is 0.0160. The van der Waals surface area contributed by atoms with E-state index in [0.29, 0.717) is 22.5 Å². The van der Waals surface area contributed by atoms with Crippen molar-refractivity contribution in [2.75, 3.05) is 0 Å². The molecule has 1 aromatic heterocycles. The van der Waals surface area contributed by atoms with Crippen LogP contribution in [-0.2, 0) is 6.54 Å². The van der Waals surface area contributed by atoms with Gasteiger partial charge in [0, 0.05) is 5.02 Å². The Morgan fingerprint density at radius 1 is 1.22 bits per heavy atom. The molecule has 0 N–H and O–H groups in total. The number of aromatic nitrogens is 2.